The van der Waals surface area contributed by atoms with Gasteiger partial charge in [-0.3, -0.25) is 4.57 Å². The van der Waals surface area contributed by atoms with E-state index in [0.29, 0.717) is 17.8 Å². The molecule has 1 aliphatic rings. The van der Waals surface area contributed by atoms with Crippen molar-refractivity contribution in [3.8, 4) is 5.88 Å². The van der Waals surface area contributed by atoms with E-state index in [2.05, 4.69) is 15.0 Å². The lowest BCUT2D eigenvalue weighted by Crippen LogP contribution is -2.33. The van der Waals surface area contributed by atoms with Crippen LogP contribution in [-0.2, 0) is 4.74 Å². The highest BCUT2D eigenvalue weighted by atomic mass is 16.6. The molecule has 5 N–H and O–H groups in total. The van der Waals surface area contributed by atoms with E-state index in [1.165, 1.54) is 10.9 Å². The summed E-state index contributed by atoms with van der Waals surface area (Å²) >= 11 is 0. The smallest absolute Gasteiger partial charge is 0.247 e. The molecule has 2 aromatic rings. The van der Waals surface area contributed by atoms with Crippen LogP contribution in [-0.4, -0.2) is 66.4 Å². The molecule has 1 aliphatic heterocycles. The lowest BCUT2D eigenvalue weighted by atomic mass is 10.1. The van der Waals surface area contributed by atoms with Crippen LogP contribution < -0.4 is 10.5 Å². The average Bonchev–Trinajstić information content (AvgIpc) is 3.02. The third kappa shape index (κ3) is 2.25. The first-order valence-electron chi connectivity index (χ1n) is 6.82. The van der Waals surface area contributed by atoms with Crippen LogP contribution in [0.2, 0.25) is 0 Å². The van der Waals surface area contributed by atoms with Gasteiger partial charge in [0, 0.05) is 0 Å². The number of nitrogen functional groups attached to an aromatic ring is 1. The van der Waals surface area contributed by atoms with E-state index in [1.807, 2.05) is 0 Å². The van der Waals surface area contributed by atoms with Gasteiger partial charge in [-0.1, -0.05) is 0 Å². The average molecular weight is 311 g/mol. The summed E-state index contributed by atoms with van der Waals surface area (Å²) in [4.78, 5) is 12.2. The number of rotatable bonds is 4. The third-order valence-electron chi connectivity index (χ3n) is 3.48. The Balaban J connectivity index is 2.05. The van der Waals surface area contributed by atoms with E-state index < -0.39 is 31.1 Å². The van der Waals surface area contributed by atoms with Crippen LogP contribution in [0.15, 0.2) is 6.33 Å². The quantitative estimate of drug-likeness (QED) is 0.524. The van der Waals surface area contributed by atoms with Gasteiger partial charge in [-0.25, -0.2) is 4.98 Å². The number of nitrogens with two attached hydrogens (primary N) is 1. The number of fused-ring (bicyclic) bond motifs is 1. The Morgan fingerprint density at radius 2 is 2.14 bits per heavy atom. The molecule has 0 aromatic carbocycles. The van der Waals surface area contributed by atoms with Crippen molar-refractivity contribution in [3.05, 3.63) is 6.33 Å². The number of anilines is 1. The zero-order valence-corrected chi connectivity index (χ0v) is 11.8. The number of ether oxygens (including phenoxy) is 2. The molecule has 1 saturated heterocycles. The van der Waals surface area contributed by atoms with Crippen molar-refractivity contribution >= 4 is 17.1 Å². The van der Waals surface area contributed by atoms with Gasteiger partial charge >= 0.3 is 0 Å². The maximum Gasteiger partial charge on any atom is 0.247 e. The summed E-state index contributed by atoms with van der Waals surface area (Å²) in [5.41, 5.74) is 6.34. The SMILES string of the molecule is CCOc1nc(N)nc2c1ncn2[C@@H]1O[C@H](CO)[C@@H](O)[C@H]1O. The number of hydrogen-bond acceptors (Lipinski definition) is 9. The molecule has 22 heavy (non-hydrogen) atoms. The molecular formula is C12H17N5O5. The van der Waals surface area contributed by atoms with E-state index in [9.17, 15) is 10.2 Å². The van der Waals surface area contributed by atoms with Gasteiger partial charge in [-0.15, -0.1) is 0 Å². The molecule has 0 aliphatic carbocycles. The Hall–Kier alpha value is -2.01. The van der Waals surface area contributed by atoms with Crippen LogP contribution in [0.3, 0.4) is 0 Å². The van der Waals surface area contributed by atoms with Crippen molar-refractivity contribution in [1.82, 2.24) is 19.5 Å². The molecule has 0 bridgehead atoms. The maximum atomic E-state index is 10.1. The Kier molecular flexibility index (Phi) is 3.83. The van der Waals surface area contributed by atoms with Gasteiger partial charge in [-0.05, 0) is 6.92 Å². The monoisotopic (exact) mass is 311 g/mol. The predicted molar refractivity (Wildman–Crippen MR) is 73.9 cm³/mol. The second kappa shape index (κ2) is 5.65. The minimum absolute atomic E-state index is 0.00977. The molecule has 120 valence electrons. The third-order valence-corrected chi connectivity index (χ3v) is 3.48. The first-order valence-corrected chi connectivity index (χ1v) is 6.82. The molecule has 4 atom stereocenters. The van der Waals surface area contributed by atoms with Crippen LogP contribution in [0.4, 0.5) is 5.95 Å². The standard InChI is InChI=1S/C12H17N5O5/c1-2-21-10-6-9(15-12(13)16-10)17(4-14-6)11-8(20)7(19)5(3-18)22-11/h4-5,7-8,11,18-20H,2-3H2,1H3,(H2,13,15,16)/t5-,7-,8-,11-/m1/s1. The van der Waals surface area contributed by atoms with Gasteiger partial charge in [0.05, 0.1) is 19.5 Å². The van der Waals surface area contributed by atoms with Crippen molar-refractivity contribution in [2.24, 2.45) is 0 Å². The van der Waals surface area contributed by atoms with Gasteiger partial charge in [0.25, 0.3) is 0 Å². The molecule has 0 spiro atoms. The summed E-state index contributed by atoms with van der Waals surface area (Å²) in [7, 11) is 0. The molecule has 3 heterocycles. The summed E-state index contributed by atoms with van der Waals surface area (Å²) in [6, 6.07) is 0. The first-order chi connectivity index (χ1) is 10.6. The second-order valence-electron chi connectivity index (χ2n) is 4.87. The van der Waals surface area contributed by atoms with Crippen LogP contribution >= 0.6 is 0 Å². The maximum absolute atomic E-state index is 10.1. The second-order valence-corrected chi connectivity index (χ2v) is 4.87. The fourth-order valence-corrected chi connectivity index (χ4v) is 2.44. The number of hydrogen-bond donors (Lipinski definition) is 4. The van der Waals surface area contributed by atoms with Gasteiger partial charge in [0.1, 0.15) is 18.3 Å². The number of aliphatic hydroxyl groups is 3. The van der Waals surface area contributed by atoms with E-state index in [-0.39, 0.29) is 11.8 Å². The summed E-state index contributed by atoms with van der Waals surface area (Å²) in [5.74, 6) is 0.222. The topological polar surface area (TPSA) is 149 Å². The molecule has 10 nitrogen and oxygen atoms in total. The lowest BCUT2D eigenvalue weighted by molar-refractivity contribution is -0.0511. The van der Waals surface area contributed by atoms with Gasteiger partial charge in [0.15, 0.2) is 17.4 Å². The predicted octanol–water partition coefficient (Wildman–Crippen LogP) is -1.58. The largest absolute Gasteiger partial charge is 0.476 e. The minimum atomic E-state index is -1.23. The Morgan fingerprint density at radius 1 is 1.36 bits per heavy atom. The molecular weight excluding hydrogens is 294 g/mol. The molecule has 0 radical (unpaired) electrons. The highest BCUT2D eigenvalue weighted by Gasteiger charge is 2.44. The van der Waals surface area contributed by atoms with E-state index >= 15 is 0 Å². The van der Waals surface area contributed by atoms with Crippen molar-refractivity contribution in [2.75, 3.05) is 18.9 Å². The summed E-state index contributed by atoms with van der Waals surface area (Å²) < 4.78 is 12.3. The van der Waals surface area contributed by atoms with Gasteiger partial charge in [-0.2, -0.15) is 9.97 Å². The van der Waals surface area contributed by atoms with Crippen molar-refractivity contribution in [2.45, 2.75) is 31.5 Å². The zero-order chi connectivity index (χ0) is 15.9. The molecule has 0 unspecified atom stereocenters. The summed E-state index contributed by atoms with van der Waals surface area (Å²) in [6.45, 7) is 1.77. The summed E-state index contributed by atoms with van der Waals surface area (Å²) in [6.07, 6.45) is -2.88. The van der Waals surface area contributed by atoms with Gasteiger partial charge < -0.3 is 30.5 Å². The van der Waals surface area contributed by atoms with Crippen molar-refractivity contribution in [3.63, 3.8) is 0 Å². The fraction of sp³-hybridized carbons (Fsp3) is 0.583. The number of nitrogens with zero attached hydrogens (tertiary/aromatic N) is 4. The fourth-order valence-electron chi connectivity index (χ4n) is 2.44. The molecule has 0 saturated carbocycles. The number of aromatic nitrogens is 4. The molecule has 1 fully saturated rings. The minimum Gasteiger partial charge on any atom is -0.476 e. The van der Waals surface area contributed by atoms with E-state index in [0.717, 1.165) is 0 Å². The number of aliphatic hydroxyl groups excluding tert-OH is 3. The van der Waals surface area contributed by atoms with Crippen LogP contribution in [0.5, 0.6) is 5.88 Å². The highest BCUT2D eigenvalue weighted by Crippen LogP contribution is 2.32. The van der Waals surface area contributed by atoms with Crippen molar-refractivity contribution < 1.29 is 24.8 Å². The van der Waals surface area contributed by atoms with Crippen LogP contribution in [0.25, 0.3) is 11.2 Å². The molecule has 3 rings (SSSR count). The number of imidazole rings is 1. The van der Waals surface area contributed by atoms with Gasteiger partial charge in [0.2, 0.25) is 11.8 Å². The highest BCUT2D eigenvalue weighted by molar-refractivity contribution is 5.77. The Morgan fingerprint density at radius 3 is 2.77 bits per heavy atom. The lowest BCUT2D eigenvalue weighted by Gasteiger charge is -2.16. The molecule has 2 aromatic heterocycles. The van der Waals surface area contributed by atoms with Crippen LogP contribution in [0.1, 0.15) is 13.2 Å². The molecule has 10 heteroatoms. The normalized spacial score (nSPS) is 28.4. The Labute approximate surface area is 125 Å². The van der Waals surface area contributed by atoms with E-state index in [1.54, 1.807) is 6.92 Å². The zero-order valence-electron chi connectivity index (χ0n) is 11.8. The molecule has 0 amide bonds. The van der Waals surface area contributed by atoms with Crippen LogP contribution in [0, 0.1) is 0 Å². The van der Waals surface area contributed by atoms with E-state index in [4.69, 9.17) is 20.3 Å². The summed E-state index contributed by atoms with van der Waals surface area (Å²) in [5, 5.41) is 29.1. The van der Waals surface area contributed by atoms with Crippen molar-refractivity contribution in [1.29, 1.82) is 0 Å². The first kappa shape index (κ1) is 14.9. The Bertz CT molecular complexity index is 677.